The van der Waals surface area contributed by atoms with Crippen LogP contribution in [0.15, 0.2) is 11.3 Å². The maximum absolute atomic E-state index is 12.2. The summed E-state index contributed by atoms with van der Waals surface area (Å²) in [5.74, 6) is 1.27. The highest BCUT2D eigenvalue weighted by atomic mass is 16.5. The third-order valence-electron chi connectivity index (χ3n) is 3.66. The van der Waals surface area contributed by atoms with Gasteiger partial charge in [0, 0.05) is 19.4 Å². The number of hydrogen-bond acceptors (Lipinski definition) is 2. The maximum Gasteiger partial charge on any atom is 0.256 e. The molecule has 2 aliphatic heterocycles. The first kappa shape index (κ1) is 9.25. The molecule has 1 fully saturated rings. The first-order valence-electron chi connectivity index (χ1n) is 6.06. The highest BCUT2D eigenvalue weighted by Gasteiger charge is 2.37. The van der Waals surface area contributed by atoms with E-state index in [0.717, 1.165) is 50.0 Å². The Hall–Kier alpha value is -0.990. The Bertz CT molecular complexity index is 322. The van der Waals surface area contributed by atoms with E-state index in [9.17, 15) is 4.79 Å². The number of carbonyl (C=O) groups excluding carboxylic acids is 1. The molecule has 0 bridgehead atoms. The van der Waals surface area contributed by atoms with Gasteiger partial charge in [0.25, 0.3) is 5.91 Å². The zero-order valence-corrected chi connectivity index (χ0v) is 9.00. The fourth-order valence-electron chi connectivity index (χ4n) is 2.83. The molecule has 0 radical (unpaired) electrons. The van der Waals surface area contributed by atoms with Gasteiger partial charge in [0.1, 0.15) is 5.76 Å². The predicted octanol–water partition coefficient (Wildman–Crippen LogP) is 2.18. The number of amides is 1. The molecule has 0 aromatic rings. The van der Waals surface area contributed by atoms with Crippen LogP contribution in [0.2, 0.25) is 0 Å². The molecule has 0 saturated carbocycles. The minimum Gasteiger partial charge on any atom is -0.474 e. The average Bonchev–Trinajstić information content (AvgIpc) is 2.30. The van der Waals surface area contributed by atoms with Gasteiger partial charge in [-0.2, -0.15) is 0 Å². The molecule has 0 aromatic carbocycles. The fourth-order valence-corrected chi connectivity index (χ4v) is 2.83. The monoisotopic (exact) mass is 207 g/mol. The minimum absolute atomic E-state index is 0.0584. The molecule has 1 saturated heterocycles. The Balaban J connectivity index is 1.91. The van der Waals surface area contributed by atoms with Crippen molar-refractivity contribution in [3.05, 3.63) is 11.3 Å². The van der Waals surface area contributed by atoms with Crippen LogP contribution in [0.5, 0.6) is 0 Å². The number of carbonyl (C=O) groups is 1. The highest BCUT2D eigenvalue weighted by Crippen LogP contribution is 2.35. The Labute approximate surface area is 90.1 Å². The highest BCUT2D eigenvalue weighted by molar-refractivity contribution is 5.95. The van der Waals surface area contributed by atoms with Gasteiger partial charge in [0.15, 0.2) is 6.23 Å². The molecule has 3 heteroatoms. The number of nitrogens with zero attached hydrogens (tertiary/aromatic N) is 1. The van der Waals surface area contributed by atoms with Crippen molar-refractivity contribution in [2.24, 2.45) is 0 Å². The summed E-state index contributed by atoms with van der Waals surface area (Å²) >= 11 is 0. The van der Waals surface area contributed by atoms with Crippen LogP contribution in [-0.4, -0.2) is 23.6 Å². The lowest BCUT2D eigenvalue weighted by Gasteiger charge is -2.41. The van der Waals surface area contributed by atoms with Crippen LogP contribution < -0.4 is 0 Å². The summed E-state index contributed by atoms with van der Waals surface area (Å²) in [4.78, 5) is 14.1. The van der Waals surface area contributed by atoms with Crippen molar-refractivity contribution in [2.75, 3.05) is 6.54 Å². The predicted molar refractivity (Wildman–Crippen MR) is 55.9 cm³/mol. The number of rotatable bonds is 0. The van der Waals surface area contributed by atoms with E-state index in [1.807, 2.05) is 4.90 Å². The molecule has 2 heterocycles. The van der Waals surface area contributed by atoms with E-state index in [-0.39, 0.29) is 12.1 Å². The van der Waals surface area contributed by atoms with E-state index in [1.165, 1.54) is 12.8 Å². The third kappa shape index (κ3) is 1.45. The normalized spacial score (nSPS) is 30.8. The Kier molecular flexibility index (Phi) is 2.19. The Morgan fingerprint density at radius 2 is 2.00 bits per heavy atom. The third-order valence-corrected chi connectivity index (χ3v) is 3.66. The van der Waals surface area contributed by atoms with Crippen LogP contribution in [0.25, 0.3) is 0 Å². The molecule has 1 unspecified atom stereocenters. The summed E-state index contributed by atoms with van der Waals surface area (Å²) < 4.78 is 5.95. The smallest absolute Gasteiger partial charge is 0.256 e. The summed E-state index contributed by atoms with van der Waals surface area (Å²) in [7, 11) is 0. The SMILES string of the molecule is O=C1C2=C(CCCC2)OC2CCCCN12. The standard InChI is InChI=1S/C12H17NO2/c14-12-9-5-1-2-6-10(9)15-11-7-3-4-8-13(11)12/h11H,1-8H2. The Morgan fingerprint density at radius 1 is 1.13 bits per heavy atom. The molecule has 1 atom stereocenters. The molecule has 3 aliphatic rings. The number of allylic oxidation sites excluding steroid dienone is 1. The van der Waals surface area contributed by atoms with Gasteiger partial charge in [-0.1, -0.05) is 0 Å². The number of piperidine rings is 1. The zero-order valence-electron chi connectivity index (χ0n) is 9.00. The lowest BCUT2D eigenvalue weighted by molar-refractivity contribution is -0.148. The van der Waals surface area contributed by atoms with Crippen LogP contribution in [-0.2, 0) is 9.53 Å². The molecule has 3 nitrogen and oxygen atoms in total. The molecular formula is C12H17NO2. The Morgan fingerprint density at radius 3 is 2.93 bits per heavy atom. The van der Waals surface area contributed by atoms with Crippen molar-refractivity contribution in [3.8, 4) is 0 Å². The van der Waals surface area contributed by atoms with Gasteiger partial charge in [0.2, 0.25) is 0 Å². The van der Waals surface area contributed by atoms with Gasteiger partial charge < -0.3 is 9.64 Å². The second-order valence-corrected chi connectivity index (χ2v) is 4.68. The first-order valence-corrected chi connectivity index (χ1v) is 6.06. The summed E-state index contributed by atoms with van der Waals surface area (Å²) in [5, 5.41) is 0. The van der Waals surface area contributed by atoms with Crippen molar-refractivity contribution in [1.29, 1.82) is 0 Å². The summed E-state index contributed by atoms with van der Waals surface area (Å²) in [6.07, 6.45) is 7.63. The molecule has 1 aliphatic carbocycles. The number of hydrogen-bond donors (Lipinski definition) is 0. The van der Waals surface area contributed by atoms with Crippen LogP contribution >= 0.6 is 0 Å². The quantitative estimate of drug-likeness (QED) is 0.609. The van der Waals surface area contributed by atoms with Crippen molar-refractivity contribution in [2.45, 2.75) is 51.2 Å². The van der Waals surface area contributed by atoms with Gasteiger partial charge in [-0.25, -0.2) is 0 Å². The molecule has 15 heavy (non-hydrogen) atoms. The maximum atomic E-state index is 12.2. The lowest BCUT2D eigenvalue weighted by atomic mass is 9.94. The largest absolute Gasteiger partial charge is 0.474 e. The first-order chi connectivity index (χ1) is 7.36. The van der Waals surface area contributed by atoms with Crippen molar-refractivity contribution in [1.82, 2.24) is 4.90 Å². The van der Waals surface area contributed by atoms with E-state index >= 15 is 0 Å². The summed E-state index contributed by atoms with van der Waals surface area (Å²) in [6.45, 7) is 0.889. The lowest BCUT2D eigenvalue weighted by Crippen LogP contribution is -2.49. The fraction of sp³-hybridized carbons (Fsp3) is 0.750. The van der Waals surface area contributed by atoms with E-state index in [1.54, 1.807) is 0 Å². The minimum atomic E-state index is 0.0584. The molecule has 0 aromatic heterocycles. The summed E-state index contributed by atoms with van der Waals surface area (Å²) in [6, 6.07) is 0. The number of fused-ring (bicyclic) bond motifs is 1. The van der Waals surface area contributed by atoms with Crippen LogP contribution in [0.4, 0.5) is 0 Å². The summed E-state index contributed by atoms with van der Waals surface area (Å²) in [5.41, 5.74) is 0.972. The molecular weight excluding hydrogens is 190 g/mol. The van der Waals surface area contributed by atoms with E-state index < -0.39 is 0 Å². The average molecular weight is 207 g/mol. The number of ether oxygens (including phenoxy) is 1. The zero-order chi connectivity index (χ0) is 10.3. The van der Waals surface area contributed by atoms with Crippen LogP contribution in [0, 0.1) is 0 Å². The van der Waals surface area contributed by atoms with E-state index in [0.29, 0.717) is 0 Å². The van der Waals surface area contributed by atoms with Crippen LogP contribution in [0.1, 0.15) is 44.9 Å². The van der Waals surface area contributed by atoms with Gasteiger partial charge in [-0.05, 0) is 32.1 Å². The van der Waals surface area contributed by atoms with E-state index in [2.05, 4.69) is 0 Å². The van der Waals surface area contributed by atoms with Crippen LogP contribution in [0.3, 0.4) is 0 Å². The second-order valence-electron chi connectivity index (χ2n) is 4.68. The van der Waals surface area contributed by atoms with Crippen molar-refractivity contribution in [3.63, 3.8) is 0 Å². The molecule has 3 rings (SSSR count). The van der Waals surface area contributed by atoms with Gasteiger partial charge in [-0.3, -0.25) is 4.79 Å². The van der Waals surface area contributed by atoms with E-state index in [4.69, 9.17) is 4.74 Å². The second kappa shape index (κ2) is 3.54. The topological polar surface area (TPSA) is 29.5 Å². The molecule has 82 valence electrons. The van der Waals surface area contributed by atoms with Crippen molar-refractivity contribution >= 4 is 5.91 Å². The van der Waals surface area contributed by atoms with Gasteiger partial charge in [0.05, 0.1) is 5.57 Å². The van der Waals surface area contributed by atoms with Crippen molar-refractivity contribution < 1.29 is 9.53 Å². The molecule has 0 N–H and O–H groups in total. The molecule has 1 amide bonds. The van der Waals surface area contributed by atoms with Gasteiger partial charge >= 0.3 is 0 Å². The molecule has 0 spiro atoms. The van der Waals surface area contributed by atoms with Gasteiger partial charge in [-0.15, -0.1) is 0 Å².